The van der Waals surface area contributed by atoms with Crippen LogP contribution in [0.1, 0.15) is 6.92 Å². The highest BCUT2D eigenvalue weighted by Crippen LogP contribution is 1.88. The summed E-state index contributed by atoms with van der Waals surface area (Å²) in [5.74, 6) is 0. The fourth-order valence-electron chi connectivity index (χ4n) is 0.801. The summed E-state index contributed by atoms with van der Waals surface area (Å²) >= 11 is 0. The van der Waals surface area contributed by atoms with E-state index in [4.69, 9.17) is 0 Å². The van der Waals surface area contributed by atoms with Crippen molar-refractivity contribution in [2.45, 2.75) is 6.92 Å². The first-order chi connectivity index (χ1) is 3.93. The Bertz CT molecular complexity index is 93.2. The van der Waals surface area contributed by atoms with Crippen LogP contribution in [0, 0.1) is 0 Å². The molecule has 1 heterocycles. The van der Waals surface area contributed by atoms with Crippen molar-refractivity contribution in [1.29, 1.82) is 0 Å². The molecule has 0 aromatic heterocycles. The zero-order valence-electron chi connectivity index (χ0n) is 5.61. The van der Waals surface area contributed by atoms with Crippen LogP contribution in [0.3, 0.4) is 0 Å². The third-order valence-electron chi connectivity index (χ3n) is 1.32. The normalized spacial score (nSPS) is 22.6. The van der Waals surface area contributed by atoms with Crippen LogP contribution < -0.4 is 10.6 Å². The highest BCUT2D eigenvalue weighted by atomic mass is 35.5. The van der Waals surface area contributed by atoms with Gasteiger partial charge < -0.3 is 10.6 Å². The molecule has 1 rings (SSSR count). The van der Waals surface area contributed by atoms with Crippen molar-refractivity contribution >= 4 is 12.4 Å². The lowest BCUT2D eigenvalue weighted by Crippen LogP contribution is -2.37. The van der Waals surface area contributed by atoms with E-state index in [1.807, 2.05) is 0 Å². The molecule has 0 radical (unpaired) electrons. The predicted molar refractivity (Wildman–Crippen MR) is 41.9 cm³/mol. The average molecular weight is 149 g/mol. The molecule has 9 heavy (non-hydrogen) atoms. The van der Waals surface area contributed by atoms with E-state index in [2.05, 4.69) is 23.6 Å². The Hall–Kier alpha value is -0.210. The van der Waals surface area contributed by atoms with Gasteiger partial charge in [0, 0.05) is 25.3 Å². The molecule has 1 fully saturated rings. The van der Waals surface area contributed by atoms with Crippen molar-refractivity contribution in [2.24, 2.45) is 0 Å². The van der Waals surface area contributed by atoms with E-state index in [1.165, 1.54) is 5.70 Å². The Labute approximate surface area is 62.1 Å². The molecule has 0 bridgehead atoms. The van der Waals surface area contributed by atoms with Crippen molar-refractivity contribution in [3.8, 4) is 0 Å². The van der Waals surface area contributed by atoms with Crippen molar-refractivity contribution in [2.75, 3.05) is 19.6 Å². The smallest absolute Gasteiger partial charge is 0.0351 e. The molecular weight excluding hydrogens is 136 g/mol. The van der Waals surface area contributed by atoms with Gasteiger partial charge in [0.15, 0.2) is 0 Å². The summed E-state index contributed by atoms with van der Waals surface area (Å²) in [6.07, 6.45) is 2.10. The molecule has 2 N–H and O–H groups in total. The van der Waals surface area contributed by atoms with E-state index >= 15 is 0 Å². The number of nitrogens with one attached hydrogen (secondary N) is 2. The van der Waals surface area contributed by atoms with E-state index < -0.39 is 0 Å². The van der Waals surface area contributed by atoms with Gasteiger partial charge in [-0.15, -0.1) is 12.4 Å². The van der Waals surface area contributed by atoms with Gasteiger partial charge in [0.2, 0.25) is 0 Å². The third kappa shape index (κ3) is 2.72. The second-order valence-corrected chi connectivity index (χ2v) is 1.92. The van der Waals surface area contributed by atoms with Gasteiger partial charge in [0.25, 0.3) is 0 Å². The van der Waals surface area contributed by atoms with Gasteiger partial charge in [0.1, 0.15) is 0 Å². The molecule has 0 unspecified atom stereocenters. The molecule has 0 saturated carbocycles. The number of piperazine rings is 1. The van der Waals surface area contributed by atoms with Gasteiger partial charge in [-0.1, -0.05) is 6.08 Å². The molecule has 0 atom stereocenters. The Morgan fingerprint density at radius 2 is 2.22 bits per heavy atom. The van der Waals surface area contributed by atoms with Crippen molar-refractivity contribution < 1.29 is 0 Å². The lowest BCUT2D eigenvalue weighted by Gasteiger charge is -2.17. The quantitative estimate of drug-likeness (QED) is 0.523. The van der Waals surface area contributed by atoms with Crippen LogP contribution in [0.25, 0.3) is 0 Å². The maximum atomic E-state index is 3.27. The van der Waals surface area contributed by atoms with Crippen molar-refractivity contribution in [1.82, 2.24) is 10.6 Å². The van der Waals surface area contributed by atoms with Crippen molar-refractivity contribution in [3.05, 3.63) is 11.8 Å². The second kappa shape index (κ2) is 4.65. The summed E-state index contributed by atoms with van der Waals surface area (Å²) in [6.45, 7) is 5.23. The maximum absolute atomic E-state index is 3.27. The maximum Gasteiger partial charge on any atom is 0.0351 e. The monoisotopic (exact) mass is 148 g/mol. The van der Waals surface area contributed by atoms with Crippen LogP contribution in [0.2, 0.25) is 0 Å². The Morgan fingerprint density at radius 1 is 1.44 bits per heavy atom. The van der Waals surface area contributed by atoms with Crippen LogP contribution in [-0.4, -0.2) is 19.6 Å². The number of halogens is 1. The molecule has 0 aromatic carbocycles. The van der Waals surface area contributed by atoms with Gasteiger partial charge in [0.05, 0.1) is 0 Å². The zero-order valence-corrected chi connectivity index (χ0v) is 6.42. The number of allylic oxidation sites excluding steroid dienone is 1. The third-order valence-corrected chi connectivity index (χ3v) is 1.32. The first-order valence-electron chi connectivity index (χ1n) is 3.03. The average Bonchev–Trinajstić information content (AvgIpc) is 1.90. The molecule has 0 spiro atoms. The summed E-state index contributed by atoms with van der Waals surface area (Å²) < 4.78 is 0. The van der Waals surface area contributed by atoms with Crippen LogP contribution in [-0.2, 0) is 0 Å². The summed E-state index contributed by atoms with van der Waals surface area (Å²) in [5.41, 5.74) is 1.32. The zero-order chi connectivity index (χ0) is 5.82. The van der Waals surface area contributed by atoms with Crippen LogP contribution in [0.4, 0.5) is 0 Å². The topological polar surface area (TPSA) is 24.1 Å². The molecule has 0 aromatic rings. The standard InChI is InChI=1S/C6H12N2.ClH/c1-2-6-5-7-3-4-8-6;/h2,7-8H,3-5H2,1H3;1H/b6-2+;. The molecule has 1 aliphatic rings. The van der Waals surface area contributed by atoms with Gasteiger partial charge in [-0.2, -0.15) is 0 Å². The summed E-state index contributed by atoms with van der Waals surface area (Å²) in [5, 5.41) is 6.52. The first kappa shape index (κ1) is 8.79. The first-order valence-corrected chi connectivity index (χ1v) is 3.03. The van der Waals surface area contributed by atoms with E-state index in [0.717, 1.165) is 19.6 Å². The van der Waals surface area contributed by atoms with Crippen LogP contribution >= 0.6 is 12.4 Å². The molecule has 0 aliphatic carbocycles. The molecule has 1 saturated heterocycles. The van der Waals surface area contributed by atoms with E-state index in [1.54, 1.807) is 0 Å². The molecule has 54 valence electrons. The molecule has 0 amide bonds. The van der Waals surface area contributed by atoms with Gasteiger partial charge in [-0.05, 0) is 6.92 Å². The molecule has 1 aliphatic heterocycles. The van der Waals surface area contributed by atoms with Crippen LogP contribution in [0.5, 0.6) is 0 Å². The Morgan fingerprint density at radius 3 is 2.56 bits per heavy atom. The number of rotatable bonds is 0. The van der Waals surface area contributed by atoms with Gasteiger partial charge in [-0.25, -0.2) is 0 Å². The summed E-state index contributed by atoms with van der Waals surface area (Å²) in [4.78, 5) is 0. The molecular formula is C6H13ClN2. The fourth-order valence-corrected chi connectivity index (χ4v) is 0.801. The molecule has 3 heteroatoms. The number of hydrogen-bond donors (Lipinski definition) is 2. The minimum Gasteiger partial charge on any atom is -0.386 e. The summed E-state index contributed by atoms with van der Waals surface area (Å²) in [7, 11) is 0. The van der Waals surface area contributed by atoms with E-state index in [0.29, 0.717) is 0 Å². The molecule has 2 nitrogen and oxygen atoms in total. The predicted octanol–water partition coefficient (Wildman–Crippen LogP) is 0.505. The van der Waals surface area contributed by atoms with E-state index in [-0.39, 0.29) is 12.4 Å². The minimum absolute atomic E-state index is 0. The Kier molecular flexibility index (Phi) is 4.54. The highest BCUT2D eigenvalue weighted by Gasteiger charge is 1.98. The van der Waals surface area contributed by atoms with Crippen molar-refractivity contribution in [3.63, 3.8) is 0 Å². The lowest BCUT2D eigenvalue weighted by atomic mass is 10.3. The second-order valence-electron chi connectivity index (χ2n) is 1.92. The van der Waals surface area contributed by atoms with Crippen LogP contribution in [0.15, 0.2) is 11.8 Å². The minimum atomic E-state index is 0. The largest absolute Gasteiger partial charge is 0.386 e. The lowest BCUT2D eigenvalue weighted by molar-refractivity contribution is 0.597. The van der Waals surface area contributed by atoms with Gasteiger partial charge >= 0.3 is 0 Å². The SMILES string of the molecule is C/C=C1\CNCCN1.Cl. The fraction of sp³-hybridized carbons (Fsp3) is 0.667. The Balaban J connectivity index is 0.000000640. The van der Waals surface area contributed by atoms with Gasteiger partial charge in [-0.3, -0.25) is 0 Å². The van der Waals surface area contributed by atoms with E-state index in [9.17, 15) is 0 Å². The number of hydrogen-bond acceptors (Lipinski definition) is 2. The summed E-state index contributed by atoms with van der Waals surface area (Å²) in [6, 6.07) is 0. The highest BCUT2D eigenvalue weighted by molar-refractivity contribution is 5.85.